The number of benzene rings is 5. The molecule has 1 nitrogen and oxygen atoms in total. The van der Waals surface area contributed by atoms with Gasteiger partial charge < -0.3 is 5.32 Å². The van der Waals surface area contributed by atoms with Gasteiger partial charge in [0.2, 0.25) is 0 Å². The second kappa shape index (κ2) is 7.01. The molecular formula is C28H19NS. The number of nitrogens with one attached hydrogen (secondary N) is 1. The van der Waals surface area contributed by atoms with Crippen molar-refractivity contribution in [3.05, 3.63) is 109 Å². The lowest BCUT2D eigenvalue weighted by Crippen LogP contribution is -1.91. The van der Waals surface area contributed by atoms with Crippen LogP contribution in [-0.4, -0.2) is 0 Å². The maximum atomic E-state index is 3.59. The summed E-state index contributed by atoms with van der Waals surface area (Å²) in [6.07, 6.45) is 0. The lowest BCUT2D eigenvalue weighted by Gasteiger charge is -2.11. The highest BCUT2D eigenvalue weighted by Crippen LogP contribution is 2.40. The predicted molar refractivity (Wildman–Crippen MR) is 132 cm³/mol. The van der Waals surface area contributed by atoms with Crippen molar-refractivity contribution in [2.75, 3.05) is 5.32 Å². The minimum atomic E-state index is 1.10. The molecule has 0 amide bonds. The molecule has 142 valence electrons. The Kier molecular flexibility index (Phi) is 4.03. The van der Waals surface area contributed by atoms with Crippen LogP contribution in [0.1, 0.15) is 0 Å². The molecule has 5 aromatic carbocycles. The third kappa shape index (κ3) is 2.94. The second-order valence-electron chi connectivity index (χ2n) is 7.54. The quantitative estimate of drug-likeness (QED) is 0.313. The largest absolute Gasteiger partial charge is 0.355 e. The van der Waals surface area contributed by atoms with Crippen LogP contribution < -0.4 is 5.32 Å². The fraction of sp³-hybridized carbons (Fsp3) is 0. The summed E-state index contributed by atoms with van der Waals surface area (Å²) in [5.74, 6) is 0. The maximum absolute atomic E-state index is 3.59. The summed E-state index contributed by atoms with van der Waals surface area (Å²) in [7, 11) is 0. The first kappa shape index (κ1) is 17.3. The van der Waals surface area contributed by atoms with E-state index in [-0.39, 0.29) is 0 Å². The molecule has 0 aliphatic heterocycles. The van der Waals surface area contributed by atoms with Crippen LogP contribution in [-0.2, 0) is 0 Å². The van der Waals surface area contributed by atoms with E-state index < -0.39 is 0 Å². The van der Waals surface area contributed by atoms with E-state index in [1.54, 1.807) is 0 Å². The molecule has 6 aromatic rings. The SMILES string of the molecule is c1cc(Nc2ccc3ccccc3c2)cc(-c2cccc3sc4ccccc4c23)c1. The van der Waals surface area contributed by atoms with Crippen LogP contribution in [0, 0.1) is 0 Å². The Bertz CT molecular complexity index is 1530. The Morgan fingerprint density at radius 2 is 1.30 bits per heavy atom. The monoisotopic (exact) mass is 401 g/mol. The second-order valence-corrected chi connectivity index (χ2v) is 8.63. The van der Waals surface area contributed by atoms with Gasteiger partial charge in [-0.05, 0) is 58.3 Å². The summed E-state index contributed by atoms with van der Waals surface area (Å²) in [6.45, 7) is 0. The van der Waals surface area contributed by atoms with Gasteiger partial charge in [-0.2, -0.15) is 0 Å². The first-order chi connectivity index (χ1) is 14.8. The van der Waals surface area contributed by atoms with E-state index in [4.69, 9.17) is 0 Å². The molecule has 0 saturated carbocycles. The molecule has 6 rings (SSSR count). The minimum absolute atomic E-state index is 1.10. The van der Waals surface area contributed by atoms with Crippen LogP contribution in [0.25, 0.3) is 42.1 Å². The van der Waals surface area contributed by atoms with Gasteiger partial charge >= 0.3 is 0 Å². The van der Waals surface area contributed by atoms with E-state index in [1.165, 1.54) is 42.1 Å². The number of hydrogen-bond acceptors (Lipinski definition) is 2. The van der Waals surface area contributed by atoms with Gasteiger partial charge in [-0.25, -0.2) is 0 Å². The average Bonchev–Trinajstić information content (AvgIpc) is 3.18. The van der Waals surface area contributed by atoms with Crippen molar-refractivity contribution in [2.45, 2.75) is 0 Å². The molecule has 1 aromatic heterocycles. The van der Waals surface area contributed by atoms with Gasteiger partial charge in [0.15, 0.2) is 0 Å². The Morgan fingerprint density at radius 1 is 0.533 bits per heavy atom. The standard InChI is InChI=1S/C28H19NS/c1-2-8-20-17-23(16-15-19(20)7-1)29-22-10-5-9-21(18-22)24-12-6-14-27-28(24)25-11-3-4-13-26(25)30-27/h1-18,29H. The summed E-state index contributed by atoms with van der Waals surface area (Å²) in [4.78, 5) is 0. The van der Waals surface area contributed by atoms with Crippen molar-refractivity contribution in [1.29, 1.82) is 0 Å². The Hall–Kier alpha value is -3.62. The molecule has 2 heteroatoms. The number of fused-ring (bicyclic) bond motifs is 4. The van der Waals surface area contributed by atoms with Crippen molar-refractivity contribution < 1.29 is 0 Å². The molecule has 30 heavy (non-hydrogen) atoms. The van der Waals surface area contributed by atoms with Gasteiger partial charge in [0.25, 0.3) is 0 Å². The molecule has 0 radical (unpaired) electrons. The summed E-state index contributed by atoms with van der Waals surface area (Å²) >= 11 is 1.86. The molecule has 0 fully saturated rings. The number of thiophene rings is 1. The van der Waals surface area contributed by atoms with Crippen LogP contribution in [0.4, 0.5) is 11.4 Å². The third-order valence-corrected chi connectivity index (χ3v) is 6.75. The molecule has 1 heterocycles. The third-order valence-electron chi connectivity index (χ3n) is 5.61. The Labute approximate surface area is 179 Å². The van der Waals surface area contributed by atoms with Gasteiger partial charge in [0.1, 0.15) is 0 Å². The van der Waals surface area contributed by atoms with Crippen LogP contribution in [0.2, 0.25) is 0 Å². The molecule has 0 aliphatic carbocycles. The Morgan fingerprint density at radius 3 is 2.27 bits per heavy atom. The van der Waals surface area contributed by atoms with Crippen molar-refractivity contribution in [3.63, 3.8) is 0 Å². The van der Waals surface area contributed by atoms with E-state index >= 15 is 0 Å². The zero-order chi connectivity index (χ0) is 19.9. The van der Waals surface area contributed by atoms with Crippen molar-refractivity contribution in [2.24, 2.45) is 0 Å². The fourth-order valence-electron chi connectivity index (χ4n) is 4.21. The molecule has 0 unspecified atom stereocenters. The normalized spacial score (nSPS) is 11.3. The zero-order valence-electron chi connectivity index (χ0n) is 16.3. The minimum Gasteiger partial charge on any atom is -0.355 e. The van der Waals surface area contributed by atoms with E-state index in [0.29, 0.717) is 0 Å². The number of hydrogen-bond donors (Lipinski definition) is 1. The van der Waals surface area contributed by atoms with Crippen LogP contribution in [0.3, 0.4) is 0 Å². The molecular weight excluding hydrogens is 382 g/mol. The molecule has 0 aliphatic rings. The van der Waals surface area contributed by atoms with E-state index in [2.05, 4.69) is 115 Å². The average molecular weight is 402 g/mol. The van der Waals surface area contributed by atoms with Crippen molar-refractivity contribution in [1.82, 2.24) is 0 Å². The fourth-order valence-corrected chi connectivity index (χ4v) is 5.35. The van der Waals surface area contributed by atoms with Gasteiger partial charge in [0, 0.05) is 31.5 Å². The van der Waals surface area contributed by atoms with Gasteiger partial charge in [0.05, 0.1) is 0 Å². The van der Waals surface area contributed by atoms with Crippen LogP contribution in [0.5, 0.6) is 0 Å². The highest BCUT2D eigenvalue weighted by molar-refractivity contribution is 7.25. The molecule has 0 bridgehead atoms. The maximum Gasteiger partial charge on any atom is 0.0390 e. The van der Waals surface area contributed by atoms with E-state index in [1.807, 2.05) is 11.3 Å². The Balaban J connectivity index is 1.44. The molecule has 0 saturated heterocycles. The number of anilines is 2. The summed E-state index contributed by atoms with van der Waals surface area (Å²) in [5, 5.41) is 8.77. The molecule has 0 atom stereocenters. The lowest BCUT2D eigenvalue weighted by atomic mass is 9.99. The summed E-state index contributed by atoms with van der Waals surface area (Å²) < 4.78 is 2.67. The van der Waals surface area contributed by atoms with E-state index in [9.17, 15) is 0 Å². The smallest absolute Gasteiger partial charge is 0.0390 e. The zero-order valence-corrected chi connectivity index (χ0v) is 17.1. The highest BCUT2D eigenvalue weighted by atomic mass is 32.1. The number of rotatable bonds is 3. The first-order valence-electron chi connectivity index (χ1n) is 10.1. The lowest BCUT2D eigenvalue weighted by molar-refractivity contribution is 1.56. The van der Waals surface area contributed by atoms with Crippen molar-refractivity contribution in [3.8, 4) is 11.1 Å². The van der Waals surface area contributed by atoms with Gasteiger partial charge in [-0.15, -0.1) is 11.3 Å². The van der Waals surface area contributed by atoms with Gasteiger partial charge in [-0.1, -0.05) is 72.8 Å². The summed E-state index contributed by atoms with van der Waals surface area (Å²) in [5.41, 5.74) is 4.71. The van der Waals surface area contributed by atoms with Gasteiger partial charge in [-0.3, -0.25) is 0 Å². The van der Waals surface area contributed by atoms with E-state index in [0.717, 1.165) is 11.4 Å². The predicted octanol–water partition coefficient (Wildman–Crippen LogP) is 8.62. The summed E-state index contributed by atoms with van der Waals surface area (Å²) in [6, 6.07) is 39.0. The topological polar surface area (TPSA) is 12.0 Å². The molecule has 1 N–H and O–H groups in total. The first-order valence-corrected chi connectivity index (χ1v) is 10.9. The van der Waals surface area contributed by atoms with Crippen LogP contribution in [0.15, 0.2) is 109 Å². The molecule has 0 spiro atoms. The van der Waals surface area contributed by atoms with Crippen LogP contribution >= 0.6 is 11.3 Å². The van der Waals surface area contributed by atoms with Crippen molar-refractivity contribution >= 4 is 53.7 Å². The highest BCUT2D eigenvalue weighted by Gasteiger charge is 2.11.